The molecule has 0 bridgehead atoms. The SMILES string of the molecule is CCn1cc(C(=O)C=Cc2csc(-c3ccc(F)cc3)n2)cn1. The fraction of sp³-hybridized carbons (Fsp3) is 0.118. The molecule has 0 unspecified atom stereocenters. The topological polar surface area (TPSA) is 47.8 Å². The highest BCUT2D eigenvalue weighted by Gasteiger charge is 2.06. The summed E-state index contributed by atoms with van der Waals surface area (Å²) >= 11 is 1.45. The average molecular weight is 327 g/mol. The first-order valence-corrected chi connectivity index (χ1v) is 8.00. The van der Waals surface area contributed by atoms with Gasteiger partial charge in [0.2, 0.25) is 0 Å². The van der Waals surface area contributed by atoms with Gasteiger partial charge in [0.05, 0.1) is 17.5 Å². The van der Waals surface area contributed by atoms with Gasteiger partial charge in [-0.05, 0) is 43.3 Å². The molecular formula is C17H14FN3OS. The van der Waals surface area contributed by atoms with Crippen LogP contribution in [0.2, 0.25) is 0 Å². The summed E-state index contributed by atoms with van der Waals surface area (Å²) in [5.41, 5.74) is 2.11. The zero-order valence-corrected chi connectivity index (χ0v) is 13.3. The number of benzene rings is 1. The van der Waals surface area contributed by atoms with Crippen molar-refractivity contribution < 1.29 is 9.18 Å². The van der Waals surface area contributed by atoms with Gasteiger partial charge in [0.15, 0.2) is 5.78 Å². The van der Waals surface area contributed by atoms with Gasteiger partial charge in [-0.2, -0.15) is 5.10 Å². The molecule has 4 nitrogen and oxygen atoms in total. The van der Waals surface area contributed by atoms with Gasteiger partial charge in [-0.15, -0.1) is 11.3 Å². The number of carbonyl (C=O) groups is 1. The fourth-order valence-corrected chi connectivity index (χ4v) is 2.80. The Kier molecular flexibility index (Phi) is 4.43. The highest BCUT2D eigenvalue weighted by Crippen LogP contribution is 2.24. The molecule has 0 atom stereocenters. The van der Waals surface area contributed by atoms with Crippen molar-refractivity contribution in [2.24, 2.45) is 0 Å². The van der Waals surface area contributed by atoms with E-state index >= 15 is 0 Å². The number of carbonyl (C=O) groups excluding carboxylic acids is 1. The van der Waals surface area contributed by atoms with E-state index in [0.717, 1.165) is 17.1 Å². The largest absolute Gasteiger partial charge is 0.289 e. The Morgan fingerprint density at radius 3 is 2.83 bits per heavy atom. The predicted molar refractivity (Wildman–Crippen MR) is 88.8 cm³/mol. The summed E-state index contributed by atoms with van der Waals surface area (Å²) < 4.78 is 14.6. The minimum absolute atomic E-state index is 0.110. The molecule has 0 N–H and O–H groups in total. The second-order valence-corrected chi connectivity index (χ2v) is 5.72. The van der Waals surface area contributed by atoms with E-state index in [4.69, 9.17) is 0 Å². The molecule has 0 amide bonds. The highest BCUT2D eigenvalue weighted by molar-refractivity contribution is 7.13. The first-order valence-electron chi connectivity index (χ1n) is 7.12. The molecule has 0 saturated heterocycles. The smallest absolute Gasteiger partial charge is 0.189 e. The Morgan fingerprint density at radius 1 is 1.35 bits per heavy atom. The van der Waals surface area contributed by atoms with Crippen LogP contribution in [0, 0.1) is 5.82 Å². The van der Waals surface area contributed by atoms with Crippen molar-refractivity contribution in [1.29, 1.82) is 0 Å². The van der Waals surface area contributed by atoms with Gasteiger partial charge in [-0.25, -0.2) is 9.37 Å². The summed E-state index contributed by atoms with van der Waals surface area (Å²) in [6.07, 6.45) is 6.44. The third-order valence-electron chi connectivity index (χ3n) is 3.26. The average Bonchev–Trinajstić information content (AvgIpc) is 3.22. The van der Waals surface area contributed by atoms with E-state index in [1.807, 2.05) is 12.3 Å². The maximum absolute atomic E-state index is 12.9. The number of hydrogen-bond donors (Lipinski definition) is 0. The Balaban J connectivity index is 1.73. The van der Waals surface area contributed by atoms with Gasteiger partial charge in [0, 0.05) is 23.7 Å². The predicted octanol–water partition coefficient (Wildman–Crippen LogP) is 4.06. The number of allylic oxidation sites excluding steroid dienone is 1. The number of aryl methyl sites for hydroxylation is 1. The first kappa shape index (κ1) is 15.3. The lowest BCUT2D eigenvalue weighted by molar-refractivity contribution is 0.104. The fourth-order valence-electron chi connectivity index (χ4n) is 2.01. The van der Waals surface area contributed by atoms with Crippen molar-refractivity contribution in [2.45, 2.75) is 13.5 Å². The molecule has 2 heterocycles. The first-order chi connectivity index (χ1) is 11.2. The zero-order chi connectivity index (χ0) is 16.2. The number of nitrogens with zero attached hydrogens (tertiary/aromatic N) is 3. The normalized spacial score (nSPS) is 11.2. The molecule has 1 aromatic carbocycles. The molecule has 6 heteroatoms. The lowest BCUT2D eigenvalue weighted by atomic mass is 10.2. The maximum atomic E-state index is 12.9. The van der Waals surface area contributed by atoms with Gasteiger partial charge in [-0.1, -0.05) is 0 Å². The summed E-state index contributed by atoms with van der Waals surface area (Å²) in [7, 11) is 0. The van der Waals surface area contributed by atoms with Crippen LogP contribution in [0.25, 0.3) is 16.6 Å². The number of hydrogen-bond acceptors (Lipinski definition) is 4. The molecule has 0 fully saturated rings. The highest BCUT2D eigenvalue weighted by atomic mass is 32.1. The molecule has 23 heavy (non-hydrogen) atoms. The summed E-state index contributed by atoms with van der Waals surface area (Å²) in [6.45, 7) is 2.69. The van der Waals surface area contributed by atoms with Gasteiger partial charge in [0.25, 0.3) is 0 Å². The van der Waals surface area contributed by atoms with E-state index in [-0.39, 0.29) is 11.6 Å². The van der Waals surface area contributed by atoms with Gasteiger partial charge < -0.3 is 0 Å². The van der Waals surface area contributed by atoms with E-state index in [9.17, 15) is 9.18 Å². The zero-order valence-electron chi connectivity index (χ0n) is 12.4. The van der Waals surface area contributed by atoms with Crippen molar-refractivity contribution in [2.75, 3.05) is 0 Å². The Labute approximate surface area is 136 Å². The number of aromatic nitrogens is 3. The summed E-state index contributed by atoms with van der Waals surface area (Å²) in [4.78, 5) is 16.5. The second-order valence-electron chi connectivity index (χ2n) is 4.87. The number of rotatable bonds is 5. The molecule has 116 valence electrons. The second kappa shape index (κ2) is 6.66. The monoisotopic (exact) mass is 327 g/mol. The van der Waals surface area contributed by atoms with E-state index < -0.39 is 0 Å². The molecule has 3 rings (SSSR count). The van der Waals surface area contributed by atoms with E-state index in [0.29, 0.717) is 11.3 Å². The lowest BCUT2D eigenvalue weighted by Crippen LogP contribution is -1.94. The van der Waals surface area contributed by atoms with E-state index in [1.165, 1.54) is 29.5 Å². The number of thiazole rings is 1. The molecule has 0 aliphatic carbocycles. The Hall–Kier alpha value is -2.60. The number of ketones is 1. The molecular weight excluding hydrogens is 313 g/mol. The van der Waals surface area contributed by atoms with Crippen LogP contribution in [0.15, 0.2) is 48.1 Å². The van der Waals surface area contributed by atoms with Crippen molar-refractivity contribution in [3.63, 3.8) is 0 Å². The molecule has 3 aromatic rings. The Bertz CT molecular complexity index is 849. The third-order valence-corrected chi connectivity index (χ3v) is 4.17. The van der Waals surface area contributed by atoms with Crippen LogP contribution in [0.5, 0.6) is 0 Å². The van der Waals surface area contributed by atoms with Gasteiger partial charge in [0.1, 0.15) is 10.8 Å². The van der Waals surface area contributed by atoms with Crippen LogP contribution in [0.3, 0.4) is 0 Å². The Morgan fingerprint density at radius 2 is 2.13 bits per heavy atom. The van der Waals surface area contributed by atoms with Crippen LogP contribution in [-0.2, 0) is 6.54 Å². The van der Waals surface area contributed by atoms with Crippen molar-refractivity contribution in [3.8, 4) is 10.6 Å². The maximum Gasteiger partial charge on any atom is 0.189 e. The van der Waals surface area contributed by atoms with Gasteiger partial charge >= 0.3 is 0 Å². The molecule has 0 aliphatic rings. The summed E-state index contributed by atoms with van der Waals surface area (Å²) in [6, 6.07) is 6.18. The summed E-state index contributed by atoms with van der Waals surface area (Å²) in [5.74, 6) is -0.385. The van der Waals surface area contributed by atoms with Crippen LogP contribution in [0.4, 0.5) is 4.39 Å². The van der Waals surface area contributed by atoms with Gasteiger partial charge in [-0.3, -0.25) is 9.48 Å². The molecule has 0 radical (unpaired) electrons. The summed E-state index contributed by atoms with van der Waals surface area (Å²) in [5, 5.41) is 6.73. The minimum Gasteiger partial charge on any atom is -0.289 e. The van der Waals surface area contributed by atoms with Crippen molar-refractivity contribution in [1.82, 2.24) is 14.8 Å². The van der Waals surface area contributed by atoms with Crippen LogP contribution >= 0.6 is 11.3 Å². The van der Waals surface area contributed by atoms with Crippen LogP contribution in [-0.4, -0.2) is 20.5 Å². The standard InChI is InChI=1S/C17H14FN3OS/c1-2-21-10-13(9-19-21)16(22)8-7-15-11-23-17(20-15)12-3-5-14(18)6-4-12/h3-11H,2H2,1H3. The van der Waals surface area contributed by atoms with Crippen molar-refractivity contribution in [3.05, 3.63) is 65.2 Å². The lowest BCUT2D eigenvalue weighted by Gasteiger charge is -1.94. The number of halogens is 1. The molecule has 0 spiro atoms. The van der Waals surface area contributed by atoms with E-state index in [1.54, 1.807) is 35.3 Å². The van der Waals surface area contributed by atoms with Crippen LogP contribution < -0.4 is 0 Å². The molecule has 0 saturated carbocycles. The van der Waals surface area contributed by atoms with Crippen LogP contribution in [0.1, 0.15) is 23.0 Å². The minimum atomic E-state index is -0.274. The third kappa shape index (κ3) is 3.60. The van der Waals surface area contributed by atoms with E-state index in [2.05, 4.69) is 10.1 Å². The molecule has 0 aliphatic heterocycles. The molecule has 2 aromatic heterocycles. The quantitative estimate of drug-likeness (QED) is 0.524. The van der Waals surface area contributed by atoms with Crippen molar-refractivity contribution >= 4 is 23.2 Å².